The fourth-order valence-corrected chi connectivity index (χ4v) is 2.28. The van der Waals surface area contributed by atoms with Gasteiger partial charge in [0.15, 0.2) is 0 Å². The van der Waals surface area contributed by atoms with Crippen molar-refractivity contribution in [3.8, 4) is 0 Å². The number of alkyl halides is 3. The molecule has 1 aliphatic carbocycles. The predicted molar refractivity (Wildman–Crippen MR) is 84.8 cm³/mol. The van der Waals surface area contributed by atoms with Crippen molar-refractivity contribution in [2.45, 2.75) is 31.6 Å². The predicted octanol–water partition coefficient (Wildman–Crippen LogP) is 2.83. The van der Waals surface area contributed by atoms with Crippen LogP contribution in [-0.2, 0) is 17.5 Å². The van der Waals surface area contributed by atoms with E-state index in [1.807, 2.05) is 0 Å². The largest absolute Gasteiger partial charge is 0.416 e. The van der Waals surface area contributed by atoms with Crippen LogP contribution in [-0.4, -0.2) is 26.7 Å². The van der Waals surface area contributed by atoms with Crippen LogP contribution in [0, 0.1) is 10.1 Å². The fourth-order valence-electron chi connectivity index (χ4n) is 2.28. The van der Waals surface area contributed by atoms with Gasteiger partial charge in [0.2, 0.25) is 5.91 Å². The quantitative estimate of drug-likeness (QED) is 0.602. The van der Waals surface area contributed by atoms with E-state index in [4.69, 9.17) is 0 Å². The number of nitro groups is 1. The Morgan fingerprint density at radius 2 is 2.12 bits per heavy atom. The van der Waals surface area contributed by atoms with Crippen molar-refractivity contribution in [3.05, 3.63) is 46.3 Å². The summed E-state index contributed by atoms with van der Waals surface area (Å²) >= 11 is 0. The molecular formula is C15H14F3N5O3. The number of carbonyl (C=O) groups is 1. The zero-order chi connectivity index (χ0) is 18.9. The van der Waals surface area contributed by atoms with Crippen molar-refractivity contribution < 1.29 is 22.9 Å². The van der Waals surface area contributed by atoms with E-state index in [9.17, 15) is 28.1 Å². The second-order valence-electron chi connectivity index (χ2n) is 5.88. The lowest BCUT2D eigenvalue weighted by Gasteiger charge is -2.09. The maximum absolute atomic E-state index is 12.7. The standard InChI is InChI=1S/C15H14F3N5O3/c16-15(17,18)9-1-4-12(13(5-9)23(25)26)20-11-6-19-22(7-11)8-14(24)21-10-2-3-10/h1,4-7,10,20H,2-3,8H2,(H,21,24). The molecule has 1 aromatic heterocycles. The van der Waals surface area contributed by atoms with E-state index in [-0.39, 0.29) is 24.2 Å². The van der Waals surface area contributed by atoms with Crippen LogP contribution in [0.2, 0.25) is 0 Å². The third kappa shape index (κ3) is 4.29. The topological polar surface area (TPSA) is 102 Å². The fraction of sp³-hybridized carbons (Fsp3) is 0.333. The molecule has 0 bridgehead atoms. The molecular weight excluding hydrogens is 355 g/mol. The Morgan fingerprint density at radius 1 is 1.38 bits per heavy atom. The zero-order valence-corrected chi connectivity index (χ0v) is 13.3. The van der Waals surface area contributed by atoms with E-state index in [1.54, 1.807) is 0 Å². The Balaban J connectivity index is 1.74. The van der Waals surface area contributed by atoms with Gasteiger partial charge in [0.25, 0.3) is 5.69 Å². The van der Waals surface area contributed by atoms with Gasteiger partial charge in [-0.3, -0.25) is 19.6 Å². The van der Waals surface area contributed by atoms with Crippen LogP contribution in [0.5, 0.6) is 0 Å². The summed E-state index contributed by atoms with van der Waals surface area (Å²) in [6.07, 6.45) is -0.00670. The van der Waals surface area contributed by atoms with Gasteiger partial charge in [0.05, 0.1) is 22.4 Å². The van der Waals surface area contributed by atoms with Crippen LogP contribution < -0.4 is 10.6 Å². The number of rotatable bonds is 6. The molecule has 0 radical (unpaired) electrons. The highest BCUT2D eigenvalue weighted by Gasteiger charge is 2.33. The normalized spacial score (nSPS) is 14.1. The molecule has 3 rings (SSSR count). The Labute approximate surface area is 145 Å². The van der Waals surface area contributed by atoms with Gasteiger partial charge >= 0.3 is 6.18 Å². The van der Waals surface area contributed by atoms with Gasteiger partial charge in [-0.2, -0.15) is 18.3 Å². The van der Waals surface area contributed by atoms with Crippen LogP contribution in [0.3, 0.4) is 0 Å². The first kappa shape index (κ1) is 17.7. The van der Waals surface area contributed by atoms with Crippen LogP contribution in [0.15, 0.2) is 30.6 Å². The number of nitrogens with zero attached hydrogens (tertiary/aromatic N) is 3. The Hall–Kier alpha value is -3.11. The number of nitro benzene ring substituents is 1. The molecule has 2 N–H and O–H groups in total. The van der Waals surface area contributed by atoms with Crippen molar-refractivity contribution in [2.24, 2.45) is 0 Å². The number of amides is 1. The number of hydrogen-bond donors (Lipinski definition) is 2. The van der Waals surface area contributed by atoms with Crippen LogP contribution in [0.4, 0.5) is 30.2 Å². The maximum Gasteiger partial charge on any atom is 0.416 e. The molecule has 8 nitrogen and oxygen atoms in total. The lowest BCUT2D eigenvalue weighted by Crippen LogP contribution is -2.29. The molecule has 0 atom stereocenters. The summed E-state index contributed by atoms with van der Waals surface area (Å²) < 4.78 is 39.5. The molecule has 0 spiro atoms. The lowest BCUT2D eigenvalue weighted by molar-refractivity contribution is -0.384. The molecule has 26 heavy (non-hydrogen) atoms. The molecule has 1 aliphatic rings. The molecule has 1 saturated carbocycles. The molecule has 1 aromatic carbocycles. The number of aromatic nitrogens is 2. The molecule has 1 fully saturated rings. The van der Waals surface area contributed by atoms with Crippen molar-refractivity contribution in [2.75, 3.05) is 5.32 Å². The van der Waals surface area contributed by atoms with E-state index in [2.05, 4.69) is 15.7 Å². The first-order valence-corrected chi connectivity index (χ1v) is 7.67. The number of hydrogen-bond acceptors (Lipinski definition) is 5. The third-order valence-electron chi connectivity index (χ3n) is 3.68. The molecule has 138 valence electrons. The molecule has 1 amide bonds. The SMILES string of the molecule is O=C(Cn1cc(Nc2ccc(C(F)(F)F)cc2[N+](=O)[O-])cn1)NC1CC1. The smallest absolute Gasteiger partial charge is 0.352 e. The maximum atomic E-state index is 12.7. The second kappa shape index (κ2) is 6.65. The Kier molecular flexibility index (Phi) is 4.53. The monoisotopic (exact) mass is 369 g/mol. The molecule has 2 aromatic rings. The van der Waals surface area contributed by atoms with Crippen molar-refractivity contribution in [1.82, 2.24) is 15.1 Å². The number of halogens is 3. The van der Waals surface area contributed by atoms with Crippen LogP contribution in [0.1, 0.15) is 18.4 Å². The highest BCUT2D eigenvalue weighted by molar-refractivity contribution is 5.76. The van der Waals surface area contributed by atoms with Gasteiger partial charge in [-0.05, 0) is 25.0 Å². The summed E-state index contributed by atoms with van der Waals surface area (Å²) in [6, 6.07) is 2.42. The van der Waals surface area contributed by atoms with Crippen LogP contribution in [0.25, 0.3) is 0 Å². The van der Waals surface area contributed by atoms with Gasteiger partial charge in [-0.25, -0.2) is 0 Å². The van der Waals surface area contributed by atoms with Gasteiger partial charge in [0, 0.05) is 18.3 Å². The minimum absolute atomic E-state index is 0.0206. The van der Waals surface area contributed by atoms with Gasteiger partial charge < -0.3 is 10.6 Å². The van der Waals surface area contributed by atoms with Crippen molar-refractivity contribution in [1.29, 1.82) is 0 Å². The van der Waals surface area contributed by atoms with E-state index < -0.39 is 22.4 Å². The van der Waals surface area contributed by atoms with Crippen LogP contribution >= 0.6 is 0 Å². The van der Waals surface area contributed by atoms with E-state index in [0.717, 1.165) is 25.0 Å². The van der Waals surface area contributed by atoms with Crippen molar-refractivity contribution >= 4 is 23.0 Å². The average molecular weight is 369 g/mol. The summed E-state index contributed by atoms with van der Waals surface area (Å²) in [7, 11) is 0. The number of anilines is 2. The summed E-state index contributed by atoms with van der Waals surface area (Å²) in [5.41, 5.74) is -1.61. The summed E-state index contributed by atoms with van der Waals surface area (Å²) in [4.78, 5) is 21.9. The zero-order valence-electron chi connectivity index (χ0n) is 13.3. The first-order chi connectivity index (χ1) is 12.2. The van der Waals surface area contributed by atoms with E-state index in [1.165, 1.54) is 17.1 Å². The average Bonchev–Trinajstić information content (AvgIpc) is 3.24. The molecule has 0 unspecified atom stereocenters. The van der Waals surface area contributed by atoms with Gasteiger partial charge in [-0.1, -0.05) is 0 Å². The summed E-state index contributed by atoms with van der Waals surface area (Å²) in [5, 5.41) is 20.5. The number of benzene rings is 1. The second-order valence-corrected chi connectivity index (χ2v) is 5.88. The van der Waals surface area contributed by atoms with E-state index >= 15 is 0 Å². The highest BCUT2D eigenvalue weighted by atomic mass is 19.4. The third-order valence-corrected chi connectivity index (χ3v) is 3.68. The van der Waals surface area contributed by atoms with E-state index in [0.29, 0.717) is 11.8 Å². The van der Waals surface area contributed by atoms with Crippen molar-refractivity contribution in [3.63, 3.8) is 0 Å². The number of carbonyl (C=O) groups excluding carboxylic acids is 1. The Bertz CT molecular complexity index is 845. The molecule has 1 heterocycles. The highest BCUT2D eigenvalue weighted by Crippen LogP contribution is 2.35. The molecule has 0 saturated heterocycles. The van der Waals surface area contributed by atoms with Gasteiger partial charge in [0.1, 0.15) is 12.2 Å². The minimum Gasteiger partial charge on any atom is -0.352 e. The number of nitrogens with one attached hydrogen (secondary N) is 2. The molecule has 11 heteroatoms. The van der Waals surface area contributed by atoms with Gasteiger partial charge in [-0.15, -0.1) is 0 Å². The molecule has 0 aliphatic heterocycles. The summed E-state index contributed by atoms with van der Waals surface area (Å²) in [6.45, 7) is -0.0206. The minimum atomic E-state index is -4.68. The Morgan fingerprint density at radius 3 is 2.73 bits per heavy atom. The first-order valence-electron chi connectivity index (χ1n) is 7.67. The lowest BCUT2D eigenvalue weighted by atomic mass is 10.1. The summed E-state index contributed by atoms with van der Waals surface area (Å²) in [5.74, 6) is -0.206.